The maximum atomic E-state index is 12.4. The number of carboxylic acids is 1. The van der Waals surface area contributed by atoms with Crippen LogP contribution in [0.4, 0.5) is 4.79 Å². The van der Waals surface area contributed by atoms with Crippen molar-refractivity contribution in [3.8, 4) is 0 Å². The standard InChI is InChI=1S/C15H24N2O3/c1-15(2,3)11-6-9-16(10-7-11)14(20)17-8-4-5-12(17)13(18)19/h6,12H,4-5,7-10H2,1-3H3,(H,18,19)/t12-/m1/s1. The highest BCUT2D eigenvalue weighted by molar-refractivity contribution is 5.83. The Morgan fingerprint density at radius 3 is 2.50 bits per heavy atom. The fourth-order valence-electron chi connectivity index (χ4n) is 2.96. The number of urea groups is 1. The molecule has 20 heavy (non-hydrogen) atoms. The van der Waals surface area contributed by atoms with E-state index in [9.17, 15) is 9.59 Å². The molecule has 2 heterocycles. The molecule has 0 bridgehead atoms. The lowest BCUT2D eigenvalue weighted by Crippen LogP contribution is -2.49. The predicted octanol–water partition coefficient (Wildman–Crippen LogP) is 2.33. The molecule has 0 aromatic rings. The molecule has 2 rings (SSSR count). The average molecular weight is 280 g/mol. The van der Waals surface area contributed by atoms with E-state index in [2.05, 4.69) is 26.8 Å². The summed E-state index contributed by atoms with van der Waals surface area (Å²) in [5, 5.41) is 9.16. The molecular weight excluding hydrogens is 256 g/mol. The van der Waals surface area contributed by atoms with Gasteiger partial charge in [-0.2, -0.15) is 0 Å². The zero-order chi connectivity index (χ0) is 14.9. The van der Waals surface area contributed by atoms with Crippen LogP contribution in [0.25, 0.3) is 0 Å². The van der Waals surface area contributed by atoms with Gasteiger partial charge in [0.05, 0.1) is 0 Å². The van der Waals surface area contributed by atoms with E-state index in [0.717, 1.165) is 12.8 Å². The summed E-state index contributed by atoms with van der Waals surface area (Å²) < 4.78 is 0. The van der Waals surface area contributed by atoms with Gasteiger partial charge in [-0.15, -0.1) is 0 Å². The largest absolute Gasteiger partial charge is 0.480 e. The van der Waals surface area contributed by atoms with Gasteiger partial charge >= 0.3 is 12.0 Å². The Kier molecular flexibility index (Phi) is 4.06. The molecule has 0 radical (unpaired) electrons. The van der Waals surface area contributed by atoms with Crippen LogP contribution in [0.5, 0.6) is 0 Å². The maximum absolute atomic E-state index is 12.4. The van der Waals surface area contributed by atoms with Crippen LogP contribution in [0.15, 0.2) is 11.6 Å². The lowest BCUT2D eigenvalue weighted by atomic mass is 9.83. The van der Waals surface area contributed by atoms with Crippen molar-refractivity contribution in [3.05, 3.63) is 11.6 Å². The van der Waals surface area contributed by atoms with Crippen LogP contribution in [-0.2, 0) is 4.79 Å². The summed E-state index contributed by atoms with van der Waals surface area (Å²) in [7, 11) is 0. The molecule has 0 unspecified atom stereocenters. The minimum absolute atomic E-state index is 0.126. The van der Waals surface area contributed by atoms with E-state index in [1.54, 1.807) is 4.90 Å². The lowest BCUT2D eigenvalue weighted by molar-refractivity contribution is -0.141. The summed E-state index contributed by atoms with van der Waals surface area (Å²) in [6.45, 7) is 8.37. The fourth-order valence-corrected chi connectivity index (χ4v) is 2.96. The van der Waals surface area contributed by atoms with E-state index < -0.39 is 12.0 Å². The highest BCUT2D eigenvalue weighted by atomic mass is 16.4. The van der Waals surface area contributed by atoms with Crippen LogP contribution in [0.1, 0.15) is 40.0 Å². The van der Waals surface area contributed by atoms with E-state index in [1.807, 2.05) is 0 Å². The van der Waals surface area contributed by atoms with E-state index in [0.29, 0.717) is 26.1 Å². The Morgan fingerprint density at radius 2 is 2.00 bits per heavy atom. The van der Waals surface area contributed by atoms with Crippen molar-refractivity contribution >= 4 is 12.0 Å². The Balaban J connectivity index is 2.02. The SMILES string of the molecule is CC(C)(C)C1=CCN(C(=O)N2CCC[C@@H]2C(=O)O)CC1. The first kappa shape index (κ1) is 14.9. The molecule has 0 aromatic heterocycles. The molecule has 112 valence electrons. The van der Waals surface area contributed by atoms with Gasteiger partial charge in [0.25, 0.3) is 0 Å². The number of likely N-dealkylation sites (tertiary alicyclic amines) is 1. The molecule has 5 heteroatoms. The monoisotopic (exact) mass is 280 g/mol. The first-order valence-corrected chi connectivity index (χ1v) is 7.28. The van der Waals surface area contributed by atoms with E-state index in [-0.39, 0.29) is 11.4 Å². The molecule has 0 aliphatic carbocycles. The van der Waals surface area contributed by atoms with Crippen molar-refractivity contribution in [2.75, 3.05) is 19.6 Å². The van der Waals surface area contributed by atoms with Gasteiger partial charge in [-0.1, -0.05) is 32.4 Å². The number of aliphatic carboxylic acids is 1. The highest BCUT2D eigenvalue weighted by Crippen LogP contribution is 2.30. The minimum atomic E-state index is -0.890. The van der Waals surface area contributed by atoms with Crippen LogP contribution in [0.3, 0.4) is 0 Å². The third kappa shape index (κ3) is 2.97. The number of nitrogens with zero attached hydrogens (tertiary/aromatic N) is 2. The molecule has 1 saturated heterocycles. The predicted molar refractivity (Wildman–Crippen MR) is 76.5 cm³/mol. The summed E-state index contributed by atoms with van der Waals surface area (Å²) in [6, 6.07) is -0.769. The Hall–Kier alpha value is -1.52. The third-order valence-corrected chi connectivity index (χ3v) is 4.23. The number of carbonyl (C=O) groups excluding carboxylic acids is 1. The highest BCUT2D eigenvalue weighted by Gasteiger charge is 2.36. The maximum Gasteiger partial charge on any atom is 0.326 e. The number of amides is 2. The van der Waals surface area contributed by atoms with Crippen LogP contribution in [-0.4, -0.2) is 52.6 Å². The van der Waals surface area contributed by atoms with Gasteiger partial charge in [0.15, 0.2) is 0 Å². The first-order chi connectivity index (χ1) is 9.30. The fraction of sp³-hybridized carbons (Fsp3) is 0.733. The number of carboxylic acid groups (broad SMARTS) is 1. The lowest BCUT2D eigenvalue weighted by Gasteiger charge is -2.35. The number of hydrogen-bond donors (Lipinski definition) is 1. The summed E-state index contributed by atoms with van der Waals surface area (Å²) in [6.07, 6.45) is 4.34. The smallest absolute Gasteiger partial charge is 0.326 e. The molecular formula is C15H24N2O3. The van der Waals surface area contributed by atoms with Gasteiger partial charge in [0.2, 0.25) is 0 Å². The van der Waals surface area contributed by atoms with Crippen LogP contribution < -0.4 is 0 Å². The van der Waals surface area contributed by atoms with Crippen LogP contribution >= 0.6 is 0 Å². The quantitative estimate of drug-likeness (QED) is 0.750. The summed E-state index contributed by atoms with van der Waals surface area (Å²) in [5.41, 5.74) is 1.52. The van der Waals surface area contributed by atoms with E-state index in [4.69, 9.17) is 5.11 Å². The van der Waals surface area contributed by atoms with Gasteiger partial charge in [-0.25, -0.2) is 9.59 Å². The van der Waals surface area contributed by atoms with Gasteiger partial charge in [0, 0.05) is 19.6 Å². The molecule has 2 amide bonds. The Morgan fingerprint density at radius 1 is 1.30 bits per heavy atom. The van der Waals surface area contributed by atoms with Crippen molar-refractivity contribution in [3.63, 3.8) is 0 Å². The normalized spacial score (nSPS) is 23.8. The van der Waals surface area contributed by atoms with E-state index in [1.165, 1.54) is 10.5 Å². The zero-order valence-corrected chi connectivity index (χ0v) is 12.6. The van der Waals surface area contributed by atoms with Crippen molar-refractivity contribution in [2.45, 2.75) is 46.1 Å². The minimum Gasteiger partial charge on any atom is -0.480 e. The Bertz CT molecular complexity index is 437. The van der Waals surface area contributed by atoms with Crippen molar-refractivity contribution < 1.29 is 14.7 Å². The third-order valence-electron chi connectivity index (χ3n) is 4.23. The molecule has 0 aromatic carbocycles. The first-order valence-electron chi connectivity index (χ1n) is 7.28. The molecule has 2 aliphatic rings. The van der Waals surface area contributed by atoms with Crippen molar-refractivity contribution in [1.82, 2.24) is 9.80 Å². The topological polar surface area (TPSA) is 60.9 Å². The second kappa shape index (κ2) is 5.46. The average Bonchev–Trinajstić information content (AvgIpc) is 2.86. The molecule has 0 spiro atoms. The number of rotatable bonds is 1. The molecule has 0 saturated carbocycles. The van der Waals surface area contributed by atoms with Crippen molar-refractivity contribution in [2.24, 2.45) is 5.41 Å². The number of hydrogen-bond acceptors (Lipinski definition) is 2. The molecule has 2 aliphatic heterocycles. The zero-order valence-electron chi connectivity index (χ0n) is 12.6. The number of carbonyl (C=O) groups is 2. The van der Waals surface area contributed by atoms with Crippen LogP contribution in [0.2, 0.25) is 0 Å². The molecule has 1 N–H and O–H groups in total. The molecule has 1 fully saturated rings. The summed E-state index contributed by atoms with van der Waals surface area (Å²) in [5.74, 6) is -0.890. The summed E-state index contributed by atoms with van der Waals surface area (Å²) >= 11 is 0. The summed E-state index contributed by atoms with van der Waals surface area (Å²) in [4.78, 5) is 26.9. The van der Waals surface area contributed by atoms with Gasteiger partial charge < -0.3 is 14.9 Å². The Labute approximate surface area is 120 Å². The second-order valence-electron chi connectivity index (χ2n) is 6.65. The van der Waals surface area contributed by atoms with Gasteiger partial charge in [-0.3, -0.25) is 0 Å². The van der Waals surface area contributed by atoms with Crippen molar-refractivity contribution in [1.29, 1.82) is 0 Å². The molecule has 5 nitrogen and oxygen atoms in total. The van der Waals surface area contributed by atoms with Gasteiger partial charge in [0.1, 0.15) is 6.04 Å². The van der Waals surface area contributed by atoms with E-state index >= 15 is 0 Å². The second-order valence-corrected chi connectivity index (χ2v) is 6.65. The van der Waals surface area contributed by atoms with Gasteiger partial charge in [-0.05, 0) is 24.7 Å². The molecule has 1 atom stereocenters. The van der Waals surface area contributed by atoms with Crippen LogP contribution in [0, 0.1) is 5.41 Å².